The average molecular weight is 226 g/mol. The normalized spacial score (nSPS) is 11.7. The van der Waals surface area contributed by atoms with Crippen molar-refractivity contribution in [2.24, 2.45) is 5.73 Å². The molecule has 1 heterocycles. The van der Waals surface area contributed by atoms with Gasteiger partial charge < -0.3 is 16.9 Å². The molecular weight excluding hydrogens is 212 g/mol. The number of fused-ring (bicyclic) bond motifs is 1. The molecule has 0 amide bonds. The third-order valence-corrected chi connectivity index (χ3v) is 2.66. The van der Waals surface area contributed by atoms with Gasteiger partial charge >= 0.3 is 0 Å². The van der Waals surface area contributed by atoms with Gasteiger partial charge in [-0.3, -0.25) is 4.98 Å². The van der Waals surface area contributed by atoms with Crippen molar-refractivity contribution in [2.75, 3.05) is 5.73 Å². The van der Waals surface area contributed by atoms with Gasteiger partial charge in [0.15, 0.2) is 0 Å². The molecule has 86 valence electrons. The van der Waals surface area contributed by atoms with Crippen molar-refractivity contribution in [1.82, 2.24) is 4.98 Å². The highest BCUT2D eigenvalue weighted by Crippen LogP contribution is 2.24. The maximum atomic E-state index is 7.66. The average Bonchev–Trinajstić information content (AvgIpc) is 2.30. The highest BCUT2D eigenvalue weighted by Gasteiger charge is 2.06. The summed E-state index contributed by atoms with van der Waals surface area (Å²) in [5, 5.41) is 8.54. The van der Waals surface area contributed by atoms with Crippen molar-refractivity contribution in [3.05, 3.63) is 42.2 Å². The molecule has 4 nitrogen and oxygen atoms in total. The number of nitrogens with zero attached hydrogens (tertiary/aromatic N) is 1. The van der Waals surface area contributed by atoms with Crippen LogP contribution in [-0.2, 0) is 0 Å². The topological polar surface area (TPSA) is 88.8 Å². The monoisotopic (exact) mass is 226 g/mol. The van der Waals surface area contributed by atoms with Gasteiger partial charge in [-0.05, 0) is 30.7 Å². The molecule has 0 saturated heterocycles. The van der Waals surface area contributed by atoms with Crippen molar-refractivity contribution >= 4 is 27.9 Å². The number of allylic oxidation sites excluding steroid dienone is 1. The number of benzene rings is 1. The summed E-state index contributed by atoms with van der Waals surface area (Å²) in [5.41, 5.74) is 15.0. The van der Waals surface area contributed by atoms with E-state index in [4.69, 9.17) is 16.9 Å². The Kier molecular flexibility index (Phi) is 2.78. The molecule has 0 aliphatic heterocycles. The zero-order chi connectivity index (χ0) is 12.4. The van der Waals surface area contributed by atoms with Crippen molar-refractivity contribution in [3.63, 3.8) is 0 Å². The SMILES string of the molecule is CC(=N)/C(=C\N)c1ccc2nccc(N)c2c1. The van der Waals surface area contributed by atoms with E-state index in [-0.39, 0.29) is 0 Å². The fourth-order valence-corrected chi connectivity index (χ4v) is 1.77. The Hall–Kier alpha value is -2.36. The Morgan fingerprint density at radius 1 is 1.35 bits per heavy atom. The highest BCUT2D eigenvalue weighted by molar-refractivity contribution is 6.21. The molecule has 1 aromatic heterocycles. The minimum Gasteiger partial charge on any atom is -0.404 e. The summed E-state index contributed by atoms with van der Waals surface area (Å²) in [4.78, 5) is 4.23. The molecule has 0 saturated carbocycles. The molecule has 0 radical (unpaired) electrons. The van der Waals surface area contributed by atoms with Crippen LogP contribution >= 0.6 is 0 Å². The second kappa shape index (κ2) is 4.25. The zero-order valence-corrected chi connectivity index (χ0v) is 9.57. The second-order valence-electron chi connectivity index (χ2n) is 3.84. The Balaban J connectivity index is 2.66. The number of rotatable bonds is 2. The molecule has 0 aliphatic carbocycles. The van der Waals surface area contributed by atoms with E-state index in [1.807, 2.05) is 18.2 Å². The molecule has 0 spiro atoms. The van der Waals surface area contributed by atoms with Gasteiger partial charge in [0.1, 0.15) is 0 Å². The third-order valence-electron chi connectivity index (χ3n) is 2.66. The predicted molar refractivity (Wildman–Crippen MR) is 71.7 cm³/mol. The van der Waals surface area contributed by atoms with Crippen LogP contribution in [0.2, 0.25) is 0 Å². The Morgan fingerprint density at radius 3 is 2.76 bits per heavy atom. The quantitative estimate of drug-likeness (QED) is 0.685. The van der Waals surface area contributed by atoms with E-state index >= 15 is 0 Å². The predicted octanol–water partition coefficient (Wildman–Crippen LogP) is 2.16. The summed E-state index contributed by atoms with van der Waals surface area (Å²) in [6, 6.07) is 7.45. The number of pyridine rings is 1. The fourth-order valence-electron chi connectivity index (χ4n) is 1.77. The molecule has 1 aromatic carbocycles. The lowest BCUT2D eigenvalue weighted by molar-refractivity contribution is 1.41. The maximum absolute atomic E-state index is 7.66. The number of aromatic nitrogens is 1. The molecule has 0 atom stereocenters. The first-order chi connectivity index (χ1) is 8.13. The Bertz CT molecular complexity index is 614. The largest absolute Gasteiger partial charge is 0.404 e. The number of nitrogen functional groups attached to an aromatic ring is 1. The summed E-state index contributed by atoms with van der Waals surface area (Å²) in [5.74, 6) is 0. The molecular formula is C13H14N4. The molecule has 2 rings (SSSR count). The van der Waals surface area contributed by atoms with Crippen LogP contribution in [0.5, 0.6) is 0 Å². The molecule has 17 heavy (non-hydrogen) atoms. The van der Waals surface area contributed by atoms with Crippen LogP contribution in [0, 0.1) is 5.41 Å². The standard InChI is InChI=1S/C13H14N4/c1-8(15)11(7-14)9-2-3-13-10(6-9)12(16)4-5-17-13/h2-7,15H,14H2,1H3,(H2,16,17)/b11-7+,15-8?. The van der Waals surface area contributed by atoms with Gasteiger partial charge in [-0.25, -0.2) is 0 Å². The molecule has 0 fully saturated rings. The van der Waals surface area contributed by atoms with E-state index in [0.29, 0.717) is 17.0 Å². The van der Waals surface area contributed by atoms with Crippen molar-refractivity contribution in [2.45, 2.75) is 6.92 Å². The van der Waals surface area contributed by atoms with Crippen molar-refractivity contribution < 1.29 is 0 Å². The van der Waals surface area contributed by atoms with Gasteiger partial charge in [0.2, 0.25) is 0 Å². The molecule has 5 N–H and O–H groups in total. The van der Waals surface area contributed by atoms with Crippen LogP contribution in [0.1, 0.15) is 12.5 Å². The Morgan fingerprint density at radius 2 is 2.12 bits per heavy atom. The third kappa shape index (κ3) is 1.97. The van der Waals surface area contributed by atoms with Crippen LogP contribution in [0.4, 0.5) is 5.69 Å². The molecule has 0 unspecified atom stereocenters. The lowest BCUT2D eigenvalue weighted by Crippen LogP contribution is -1.99. The molecule has 0 bridgehead atoms. The lowest BCUT2D eigenvalue weighted by atomic mass is 10.0. The number of hydrogen-bond acceptors (Lipinski definition) is 4. The van der Waals surface area contributed by atoms with E-state index in [2.05, 4.69) is 4.98 Å². The molecule has 0 aliphatic rings. The summed E-state index contributed by atoms with van der Waals surface area (Å²) < 4.78 is 0. The number of nitrogens with two attached hydrogens (primary N) is 2. The Labute approximate surface area is 99.5 Å². The molecule has 4 heteroatoms. The number of nitrogens with one attached hydrogen (secondary N) is 1. The maximum Gasteiger partial charge on any atom is 0.0723 e. The first kappa shape index (κ1) is 11.1. The minimum atomic E-state index is 0.425. The zero-order valence-electron chi connectivity index (χ0n) is 9.57. The van der Waals surface area contributed by atoms with E-state index in [0.717, 1.165) is 16.5 Å². The van der Waals surface area contributed by atoms with E-state index in [9.17, 15) is 0 Å². The first-order valence-electron chi connectivity index (χ1n) is 5.25. The summed E-state index contributed by atoms with van der Waals surface area (Å²) >= 11 is 0. The van der Waals surface area contributed by atoms with Gasteiger partial charge in [0.05, 0.1) is 5.52 Å². The molecule has 2 aromatic rings. The lowest BCUT2D eigenvalue weighted by Gasteiger charge is -2.07. The van der Waals surface area contributed by atoms with Gasteiger partial charge in [-0.15, -0.1) is 0 Å². The minimum absolute atomic E-state index is 0.425. The highest BCUT2D eigenvalue weighted by atomic mass is 14.7. The van der Waals surface area contributed by atoms with Gasteiger partial charge in [0, 0.05) is 34.8 Å². The summed E-state index contributed by atoms with van der Waals surface area (Å²) in [6.07, 6.45) is 3.12. The second-order valence-corrected chi connectivity index (χ2v) is 3.84. The number of anilines is 1. The number of hydrogen-bond donors (Lipinski definition) is 3. The smallest absolute Gasteiger partial charge is 0.0723 e. The van der Waals surface area contributed by atoms with E-state index in [1.54, 1.807) is 19.2 Å². The van der Waals surface area contributed by atoms with Crippen LogP contribution in [0.3, 0.4) is 0 Å². The van der Waals surface area contributed by atoms with Crippen molar-refractivity contribution in [3.8, 4) is 0 Å². The summed E-state index contributed by atoms with van der Waals surface area (Å²) in [7, 11) is 0. The van der Waals surface area contributed by atoms with Crippen LogP contribution in [0.15, 0.2) is 36.7 Å². The van der Waals surface area contributed by atoms with E-state index in [1.165, 1.54) is 6.20 Å². The van der Waals surface area contributed by atoms with Gasteiger partial charge in [-0.2, -0.15) is 0 Å². The first-order valence-corrected chi connectivity index (χ1v) is 5.25. The van der Waals surface area contributed by atoms with Gasteiger partial charge in [-0.1, -0.05) is 6.07 Å². The summed E-state index contributed by atoms with van der Waals surface area (Å²) in [6.45, 7) is 1.70. The van der Waals surface area contributed by atoms with Crippen LogP contribution in [-0.4, -0.2) is 10.7 Å². The van der Waals surface area contributed by atoms with Crippen LogP contribution in [0.25, 0.3) is 16.5 Å². The fraction of sp³-hybridized carbons (Fsp3) is 0.0769. The van der Waals surface area contributed by atoms with E-state index < -0.39 is 0 Å². The van der Waals surface area contributed by atoms with Crippen LogP contribution < -0.4 is 11.5 Å². The van der Waals surface area contributed by atoms with Gasteiger partial charge in [0.25, 0.3) is 0 Å². The van der Waals surface area contributed by atoms with Crippen molar-refractivity contribution in [1.29, 1.82) is 5.41 Å².